The van der Waals surface area contributed by atoms with Crippen LogP contribution in [-0.4, -0.2) is 10.9 Å². The molecule has 2 aromatic rings. The van der Waals surface area contributed by atoms with Gasteiger partial charge in [-0.3, -0.25) is 9.78 Å². The smallest absolute Gasteiger partial charge is 0.221 e. The maximum atomic E-state index is 11.1. The van der Waals surface area contributed by atoms with E-state index in [0.29, 0.717) is 0 Å². The van der Waals surface area contributed by atoms with Gasteiger partial charge >= 0.3 is 0 Å². The summed E-state index contributed by atoms with van der Waals surface area (Å²) in [4.78, 5) is 15.3. The molecule has 0 bridgehead atoms. The van der Waals surface area contributed by atoms with E-state index >= 15 is 0 Å². The predicted molar refractivity (Wildman–Crippen MR) is 73.9 cm³/mol. The molecule has 1 N–H and O–H groups in total. The minimum atomic E-state index is -0.0753. The first-order valence-electron chi connectivity index (χ1n) is 5.71. The van der Waals surface area contributed by atoms with Gasteiger partial charge in [0.1, 0.15) is 0 Å². The van der Waals surface area contributed by atoms with E-state index in [1.54, 1.807) is 6.20 Å². The van der Waals surface area contributed by atoms with Gasteiger partial charge in [0.05, 0.1) is 5.69 Å². The van der Waals surface area contributed by atoms with Gasteiger partial charge in [-0.05, 0) is 29.8 Å². The molecular formula is C15H14N2O. The molecule has 0 atom stereocenters. The first-order chi connectivity index (χ1) is 8.75. The highest BCUT2D eigenvalue weighted by Crippen LogP contribution is 2.17. The highest BCUT2D eigenvalue weighted by Gasteiger charge is 1.99. The lowest BCUT2D eigenvalue weighted by Gasteiger charge is -2.05. The largest absolute Gasteiger partial charge is 0.326 e. The van der Waals surface area contributed by atoms with Gasteiger partial charge < -0.3 is 5.32 Å². The number of benzene rings is 1. The summed E-state index contributed by atoms with van der Waals surface area (Å²) in [5, 5.41) is 2.80. The van der Waals surface area contributed by atoms with E-state index in [0.717, 1.165) is 16.9 Å². The molecule has 0 radical (unpaired) electrons. The zero-order valence-electron chi connectivity index (χ0n) is 10.1. The van der Waals surface area contributed by atoms with Gasteiger partial charge in [0.25, 0.3) is 0 Å². The van der Waals surface area contributed by atoms with Crippen LogP contribution in [0.15, 0.2) is 48.7 Å². The number of carbonyl (C=O) groups is 1. The number of para-hydroxylation sites is 1. The van der Waals surface area contributed by atoms with Crippen molar-refractivity contribution in [2.75, 3.05) is 5.32 Å². The average Bonchev–Trinajstić information content (AvgIpc) is 2.38. The van der Waals surface area contributed by atoms with E-state index in [2.05, 4.69) is 10.3 Å². The molecule has 0 aliphatic rings. The zero-order valence-corrected chi connectivity index (χ0v) is 10.1. The molecule has 0 aliphatic carbocycles. The van der Waals surface area contributed by atoms with Crippen molar-refractivity contribution in [3.05, 3.63) is 59.9 Å². The molecule has 0 saturated heterocycles. The SMILES string of the molecule is CC(=O)Nc1ccccc1/C=C\c1ccccn1. The van der Waals surface area contributed by atoms with E-state index in [1.165, 1.54) is 6.92 Å². The molecule has 90 valence electrons. The van der Waals surface area contributed by atoms with Gasteiger partial charge in [0.2, 0.25) is 5.91 Å². The third-order valence-electron chi connectivity index (χ3n) is 2.39. The number of nitrogens with one attached hydrogen (secondary N) is 1. The molecule has 18 heavy (non-hydrogen) atoms. The topological polar surface area (TPSA) is 42.0 Å². The van der Waals surface area contributed by atoms with E-state index < -0.39 is 0 Å². The number of pyridine rings is 1. The third-order valence-corrected chi connectivity index (χ3v) is 2.39. The number of rotatable bonds is 3. The van der Waals surface area contributed by atoms with Crippen molar-refractivity contribution in [1.82, 2.24) is 4.98 Å². The van der Waals surface area contributed by atoms with Gasteiger partial charge in [-0.25, -0.2) is 0 Å². The Bertz CT molecular complexity index is 562. The standard InChI is InChI=1S/C15H14N2O/c1-12(18)17-15-8-3-2-6-13(15)9-10-14-7-4-5-11-16-14/h2-11H,1H3,(H,17,18)/b10-9-. The van der Waals surface area contributed by atoms with Crippen molar-refractivity contribution in [3.8, 4) is 0 Å². The van der Waals surface area contributed by atoms with Crippen LogP contribution in [0.3, 0.4) is 0 Å². The summed E-state index contributed by atoms with van der Waals surface area (Å²) in [5.74, 6) is -0.0753. The molecule has 0 spiro atoms. The van der Waals surface area contributed by atoms with E-state index in [4.69, 9.17) is 0 Å². The minimum Gasteiger partial charge on any atom is -0.326 e. The van der Waals surface area contributed by atoms with Crippen LogP contribution in [0.25, 0.3) is 12.2 Å². The summed E-state index contributed by atoms with van der Waals surface area (Å²) >= 11 is 0. The minimum absolute atomic E-state index is 0.0753. The van der Waals surface area contributed by atoms with Gasteiger partial charge in [-0.1, -0.05) is 30.3 Å². The molecule has 1 aromatic heterocycles. The lowest BCUT2D eigenvalue weighted by atomic mass is 10.1. The fourth-order valence-electron chi connectivity index (χ4n) is 1.60. The second kappa shape index (κ2) is 5.77. The van der Waals surface area contributed by atoms with Crippen molar-refractivity contribution < 1.29 is 4.79 Å². The quantitative estimate of drug-likeness (QED) is 0.892. The van der Waals surface area contributed by atoms with Crippen molar-refractivity contribution >= 4 is 23.7 Å². The van der Waals surface area contributed by atoms with Crippen molar-refractivity contribution in [2.45, 2.75) is 6.92 Å². The Labute approximate surface area is 106 Å². The second-order valence-corrected chi connectivity index (χ2v) is 3.86. The maximum Gasteiger partial charge on any atom is 0.221 e. The van der Waals surface area contributed by atoms with E-state index in [-0.39, 0.29) is 5.91 Å². The molecule has 3 nitrogen and oxygen atoms in total. The highest BCUT2D eigenvalue weighted by molar-refractivity contribution is 5.92. The van der Waals surface area contributed by atoms with Crippen LogP contribution in [-0.2, 0) is 4.79 Å². The number of amides is 1. The van der Waals surface area contributed by atoms with Crippen LogP contribution >= 0.6 is 0 Å². The fraction of sp³-hybridized carbons (Fsp3) is 0.0667. The number of nitrogens with zero attached hydrogens (tertiary/aromatic N) is 1. The summed E-state index contributed by atoms with van der Waals surface area (Å²) in [6.07, 6.45) is 5.60. The van der Waals surface area contributed by atoms with Crippen LogP contribution in [0.1, 0.15) is 18.2 Å². The Morgan fingerprint density at radius 2 is 1.89 bits per heavy atom. The summed E-state index contributed by atoms with van der Waals surface area (Å²) in [5.41, 5.74) is 2.64. The van der Waals surface area contributed by atoms with Gasteiger partial charge in [0, 0.05) is 18.8 Å². The number of hydrogen-bond acceptors (Lipinski definition) is 2. The van der Waals surface area contributed by atoms with Crippen LogP contribution in [0.2, 0.25) is 0 Å². The van der Waals surface area contributed by atoms with Crippen LogP contribution in [0.5, 0.6) is 0 Å². The average molecular weight is 238 g/mol. The van der Waals surface area contributed by atoms with Gasteiger partial charge in [0.15, 0.2) is 0 Å². The van der Waals surface area contributed by atoms with Crippen LogP contribution in [0.4, 0.5) is 5.69 Å². The Morgan fingerprint density at radius 1 is 1.11 bits per heavy atom. The molecule has 1 heterocycles. The molecule has 3 heteroatoms. The van der Waals surface area contributed by atoms with E-state index in [9.17, 15) is 4.79 Å². The fourth-order valence-corrected chi connectivity index (χ4v) is 1.60. The number of hydrogen-bond donors (Lipinski definition) is 1. The number of carbonyl (C=O) groups excluding carboxylic acids is 1. The summed E-state index contributed by atoms with van der Waals surface area (Å²) < 4.78 is 0. The predicted octanol–water partition coefficient (Wildman–Crippen LogP) is 3.21. The first-order valence-corrected chi connectivity index (χ1v) is 5.71. The van der Waals surface area contributed by atoms with Crippen molar-refractivity contribution in [2.24, 2.45) is 0 Å². The summed E-state index contributed by atoms with van der Waals surface area (Å²) in [6, 6.07) is 13.4. The Hall–Kier alpha value is -2.42. The molecule has 0 fully saturated rings. The molecule has 2 rings (SSSR count). The maximum absolute atomic E-state index is 11.1. The van der Waals surface area contributed by atoms with Crippen LogP contribution in [0, 0.1) is 0 Å². The number of anilines is 1. The Kier molecular flexibility index (Phi) is 3.86. The molecule has 0 saturated carbocycles. The lowest BCUT2D eigenvalue weighted by Crippen LogP contribution is -2.06. The monoisotopic (exact) mass is 238 g/mol. The third kappa shape index (κ3) is 3.28. The molecule has 1 aromatic carbocycles. The summed E-state index contributed by atoms with van der Waals surface area (Å²) in [6.45, 7) is 1.50. The van der Waals surface area contributed by atoms with Crippen molar-refractivity contribution in [1.29, 1.82) is 0 Å². The zero-order chi connectivity index (χ0) is 12.8. The van der Waals surface area contributed by atoms with Gasteiger partial charge in [-0.2, -0.15) is 0 Å². The normalized spacial score (nSPS) is 10.5. The highest BCUT2D eigenvalue weighted by atomic mass is 16.1. The molecule has 0 unspecified atom stereocenters. The summed E-state index contributed by atoms with van der Waals surface area (Å²) in [7, 11) is 0. The van der Waals surface area contributed by atoms with Crippen LogP contribution < -0.4 is 5.32 Å². The molecule has 1 amide bonds. The Balaban J connectivity index is 2.23. The number of aromatic nitrogens is 1. The first kappa shape index (κ1) is 12.0. The Morgan fingerprint density at radius 3 is 2.61 bits per heavy atom. The second-order valence-electron chi connectivity index (χ2n) is 3.86. The van der Waals surface area contributed by atoms with Gasteiger partial charge in [-0.15, -0.1) is 0 Å². The van der Waals surface area contributed by atoms with Crippen molar-refractivity contribution in [3.63, 3.8) is 0 Å². The molecule has 0 aliphatic heterocycles. The van der Waals surface area contributed by atoms with E-state index in [1.807, 2.05) is 54.6 Å². The lowest BCUT2D eigenvalue weighted by molar-refractivity contribution is -0.114. The molecular weight excluding hydrogens is 224 g/mol.